The lowest BCUT2D eigenvalue weighted by Gasteiger charge is -2.03. The Kier molecular flexibility index (Phi) is 4.34. The average molecular weight is 205 g/mol. The Balaban J connectivity index is 2.44. The van der Waals surface area contributed by atoms with Crippen LogP contribution in [0.5, 0.6) is 0 Å². The number of anilines is 1. The lowest BCUT2D eigenvalue weighted by molar-refractivity contribution is 0.252. The summed E-state index contributed by atoms with van der Waals surface area (Å²) in [5.74, 6) is 0. The molecule has 0 saturated carbocycles. The summed E-state index contributed by atoms with van der Waals surface area (Å²) in [6.45, 7) is 3.85. The number of nitrogens with one attached hydrogen (secondary N) is 2. The van der Waals surface area contributed by atoms with E-state index >= 15 is 0 Å². The van der Waals surface area contributed by atoms with Gasteiger partial charge in [-0.05, 0) is 25.5 Å². The minimum atomic E-state index is -0.325. The third kappa shape index (κ3) is 4.26. The third-order valence-electron chi connectivity index (χ3n) is 1.89. The first-order chi connectivity index (χ1) is 7.22. The second-order valence-corrected chi connectivity index (χ2v) is 3.13. The van der Waals surface area contributed by atoms with Crippen LogP contribution in [0.3, 0.4) is 0 Å². The highest BCUT2D eigenvalue weighted by atomic mass is 16.2. The number of carbonyl (C=O) groups is 1. The highest BCUT2D eigenvalue weighted by Gasteiger charge is 1.98. The van der Waals surface area contributed by atoms with Crippen molar-refractivity contribution in [3.8, 4) is 0 Å². The maximum absolute atomic E-state index is 11.3. The molecule has 0 fully saturated rings. The van der Waals surface area contributed by atoms with E-state index in [1.807, 2.05) is 44.2 Å². The summed E-state index contributed by atoms with van der Waals surface area (Å²) in [6, 6.07) is 8.91. The first kappa shape index (κ1) is 11.2. The Morgan fingerprint density at radius 1 is 1.33 bits per heavy atom. The van der Waals surface area contributed by atoms with Gasteiger partial charge in [-0.15, -0.1) is 0 Å². The second-order valence-electron chi connectivity index (χ2n) is 3.13. The van der Waals surface area contributed by atoms with Crippen molar-refractivity contribution in [3.63, 3.8) is 0 Å². The Morgan fingerprint density at radius 2 is 2.00 bits per heavy atom. The molecule has 1 rings (SSSR count). The highest BCUT2D eigenvalue weighted by Crippen LogP contribution is 2.03. The number of rotatable bonds is 3. The van der Waals surface area contributed by atoms with Gasteiger partial charge in [-0.3, -0.25) is 0 Å². The van der Waals surface area contributed by atoms with Crippen LogP contribution in [-0.4, -0.2) is 11.7 Å². The molecule has 0 aliphatic carbocycles. The summed E-state index contributed by atoms with van der Waals surface area (Å²) in [7, 11) is 0. The molecule has 0 unspecified atom stereocenters. The summed E-state index contributed by atoms with van der Waals surface area (Å²) in [4.78, 5) is 11.3. The fourth-order valence-corrected chi connectivity index (χ4v) is 0.906. The number of para-hydroxylation sites is 1. The van der Waals surface area contributed by atoms with E-state index in [-0.39, 0.29) is 6.03 Å². The zero-order chi connectivity index (χ0) is 11.1. The summed E-state index contributed by atoms with van der Waals surface area (Å²) in [5.41, 5.74) is 4.06. The van der Waals surface area contributed by atoms with Crippen molar-refractivity contribution in [1.29, 1.82) is 0 Å². The van der Waals surface area contributed by atoms with E-state index in [9.17, 15) is 4.79 Å². The summed E-state index contributed by atoms with van der Waals surface area (Å²) in [5, 5.41) is 6.56. The average Bonchev–Trinajstić information content (AvgIpc) is 2.27. The summed E-state index contributed by atoms with van der Waals surface area (Å²) < 4.78 is 0. The SMILES string of the molecule is CC/C(C)=N\NC(=O)Nc1ccccc1. The van der Waals surface area contributed by atoms with Gasteiger partial charge in [0.25, 0.3) is 0 Å². The normalized spacial score (nSPS) is 10.9. The van der Waals surface area contributed by atoms with Crippen LogP contribution in [0.15, 0.2) is 35.4 Å². The van der Waals surface area contributed by atoms with Gasteiger partial charge in [0.1, 0.15) is 0 Å². The molecule has 0 spiro atoms. The fraction of sp³-hybridized carbons (Fsp3) is 0.273. The first-order valence-corrected chi connectivity index (χ1v) is 4.87. The molecule has 0 aliphatic heterocycles. The van der Waals surface area contributed by atoms with Crippen molar-refractivity contribution in [2.75, 3.05) is 5.32 Å². The highest BCUT2D eigenvalue weighted by molar-refractivity contribution is 5.90. The molecule has 1 aromatic carbocycles. The van der Waals surface area contributed by atoms with Gasteiger partial charge in [-0.1, -0.05) is 25.1 Å². The van der Waals surface area contributed by atoms with Crippen molar-refractivity contribution in [2.45, 2.75) is 20.3 Å². The predicted octanol–water partition coefficient (Wildman–Crippen LogP) is 2.59. The van der Waals surface area contributed by atoms with E-state index in [0.717, 1.165) is 17.8 Å². The molecule has 0 aliphatic rings. The van der Waals surface area contributed by atoms with Gasteiger partial charge >= 0.3 is 6.03 Å². The molecule has 0 heterocycles. The molecule has 2 N–H and O–H groups in total. The van der Waals surface area contributed by atoms with E-state index in [1.165, 1.54) is 0 Å². The molecule has 15 heavy (non-hydrogen) atoms. The van der Waals surface area contributed by atoms with Gasteiger partial charge in [-0.25, -0.2) is 10.2 Å². The van der Waals surface area contributed by atoms with Crippen molar-refractivity contribution < 1.29 is 4.79 Å². The minimum Gasteiger partial charge on any atom is -0.307 e. The molecule has 0 bridgehead atoms. The van der Waals surface area contributed by atoms with Crippen LogP contribution in [0, 0.1) is 0 Å². The Bertz CT molecular complexity index is 346. The second kappa shape index (κ2) is 5.80. The molecule has 0 atom stereocenters. The van der Waals surface area contributed by atoms with Crippen LogP contribution in [0.2, 0.25) is 0 Å². The molecule has 2 amide bonds. The quantitative estimate of drug-likeness (QED) is 0.578. The smallest absolute Gasteiger partial charge is 0.307 e. The van der Waals surface area contributed by atoms with Crippen LogP contribution in [0.1, 0.15) is 20.3 Å². The fourth-order valence-electron chi connectivity index (χ4n) is 0.906. The largest absolute Gasteiger partial charge is 0.339 e. The molecule has 0 radical (unpaired) electrons. The molecular formula is C11H15N3O. The van der Waals surface area contributed by atoms with Crippen molar-refractivity contribution in [2.24, 2.45) is 5.10 Å². The topological polar surface area (TPSA) is 53.5 Å². The maximum atomic E-state index is 11.3. The van der Waals surface area contributed by atoms with E-state index in [1.54, 1.807) is 0 Å². The zero-order valence-corrected chi connectivity index (χ0v) is 8.95. The Hall–Kier alpha value is -1.84. The van der Waals surface area contributed by atoms with Gasteiger partial charge in [0, 0.05) is 11.4 Å². The molecule has 80 valence electrons. The van der Waals surface area contributed by atoms with Gasteiger partial charge in [-0.2, -0.15) is 5.10 Å². The standard InChI is InChI=1S/C11H15N3O/c1-3-9(2)13-14-11(15)12-10-7-5-4-6-8-10/h4-8H,3H2,1-2H3,(H2,12,14,15)/b13-9-. The van der Waals surface area contributed by atoms with E-state index in [4.69, 9.17) is 0 Å². The Morgan fingerprint density at radius 3 is 2.60 bits per heavy atom. The van der Waals surface area contributed by atoms with Crippen LogP contribution in [-0.2, 0) is 0 Å². The Labute approximate surface area is 89.4 Å². The van der Waals surface area contributed by atoms with Gasteiger partial charge < -0.3 is 5.32 Å². The van der Waals surface area contributed by atoms with Crippen molar-refractivity contribution in [3.05, 3.63) is 30.3 Å². The van der Waals surface area contributed by atoms with E-state index in [2.05, 4.69) is 15.8 Å². The molecule has 0 saturated heterocycles. The van der Waals surface area contributed by atoms with E-state index < -0.39 is 0 Å². The summed E-state index contributed by atoms with van der Waals surface area (Å²) >= 11 is 0. The number of nitrogens with zero attached hydrogens (tertiary/aromatic N) is 1. The molecular weight excluding hydrogens is 190 g/mol. The number of amides is 2. The maximum Gasteiger partial charge on any atom is 0.339 e. The zero-order valence-electron chi connectivity index (χ0n) is 8.95. The molecule has 1 aromatic rings. The first-order valence-electron chi connectivity index (χ1n) is 4.87. The predicted molar refractivity (Wildman–Crippen MR) is 62.0 cm³/mol. The van der Waals surface area contributed by atoms with Gasteiger partial charge in [0.15, 0.2) is 0 Å². The molecule has 4 nitrogen and oxygen atoms in total. The minimum absolute atomic E-state index is 0.325. The van der Waals surface area contributed by atoms with Crippen molar-refractivity contribution in [1.82, 2.24) is 5.43 Å². The van der Waals surface area contributed by atoms with Crippen molar-refractivity contribution >= 4 is 17.4 Å². The van der Waals surface area contributed by atoms with Gasteiger partial charge in [0.05, 0.1) is 0 Å². The van der Waals surface area contributed by atoms with Crippen LogP contribution < -0.4 is 10.7 Å². The number of hydrogen-bond donors (Lipinski definition) is 2. The third-order valence-corrected chi connectivity index (χ3v) is 1.89. The number of hydrogen-bond acceptors (Lipinski definition) is 2. The van der Waals surface area contributed by atoms with E-state index in [0.29, 0.717) is 0 Å². The molecule has 4 heteroatoms. The number of urea groups is 1. The lowest BCUT2D eigenvalue weighted by Crippen LogP contribution is -2.24. The van der Waals surface area contributed by atoms with Crippen LogP contribution in [0.25, 0.3) is 0 Å². The van der Waals surface area contributed by atoms with Crippen LogP contribution >= 0.6 is 0 Å². The number of carbonyl (C=O) groups excluding carboxylic acids is 1. The molecule has 0 aromatic heterocycles. The van der Waals surface area contributed by atoms with Crippen LogP contribution in [0.4, 0.5) is 10.5 Å². The number of hydrazone groups is 1. The summed E-state index contributed by atoms with van der Waals surface area (Å²) in [6.07, 6.45) is 0.825. The number of benzene rings is 1. The lowest BCUT2D eigenvalue weighted by atomic mass is 10.3. The monoisotopic (exact) mass is 205 g/mol. The van der Waals surface area contributed by atoms with Gasteiger partial charge in [0.2, 0.25) is 0 Å².